The molecule has 1 aromatic heterocycles. The highest BCUT2D eigenvalue weighted by molar-refractivity contribution is 7.98. The molecule has 0 aliphatic rings. The van der Waals surface area contributed by atoms with Gasteiger partial charge in [0.2, 0.25) is 0 Å². The topological polar surface area (TPSA) is 66.0 Å². The predicted molar refractivity (Wildman–Crippen MR) is 81.9 cm³/mol. The fourth-order valence-electron chi connectivity index (χ4n) is 1.98. The third-order valence-corrected chi connectivity index (χ3v) is 3.83. The number of H-pyrrole nitrogens is 1. The van der Waals surface area contributed by atoms with E-state index in [9.17, 15) is 9.90 Å². The molecule has 2 rings (SSSR count). The van der Waals surface area contributed by atoms with Crippen molar-refractivity contribution in [1.82, 2.24) is 9.97 Å². The van der Waals surface area contributed by atoms with Crippen LogP contribution < -0.4 is 5.56 Å². The lowest BCUT2D eigenvalue weighted by Crippen LogP contribution is -2.18. The lowest BCUT2D eigenvalue weighted by molar-refractivity contribution is 0.469. The zero-order chi connectivity index (χ0) is 14.7. The van der Waals surface area contributed by atoms with Crippen LogP contribution >= 0.6 is 23.4 Å². The molecule has 0 bridgehead atoms. The Morgan fingerprint density at radius 1 is 1.45 bits per heavy atom. The molecule has 0 atom stereocenters. The Labute approximate surface area is 126 Å². The van der Waals surface area contributed by atoms with Crippen molar-refractivity contribution in [3.8, 4) is 5.75 Å². The Kier molecular flexibility index (Phi) is 4.73. The van der Waals surface area contributed by atoms with Crippen molar-refractivity contribution in [3.05, 3.63) is 50.4 Å². The third kappa shape index (κ3) is 3.16. The normalized spacial score (nSPS) is 10.8. The van der Waals surface area contributed by atoms with Crippen LogP contribution in [0.2, 0.25) is 5.02 Å². The number of halogens is 1. The highest BCUT2D eigenvalue weighted by Gasteiger charge is 2.13. The molecule has 6 heteroatoms. The predicted octanol–water partition coefficient (Wildman–Crippen LogP) is 3.00. The fraction of sp³-hybridized carbons (Fsp3) is 0.286. The van der Waals surface area contributed by atoms with E-state index in [0.29, 0.717) is 34.1 Å². The molecule has 20 heavy (non-hydrogen) atoms. The quantitative estimate of drug-likeness (QED) is 0.673. The van der Waals surface area contributed by atoms with E-state index in [1.165, 1.54) is 17.8 Å². The summed E-state index contributed by atoms with van der Waals surface area (Å²) in [6.45, 7) is 1.95. The summed E-state index contributed by atoms with van der Waals surface area (Å²) in [4.78, 5) is 19.3. The van der Waals surface area contributed by atoms with E-state index in [4.69, 9.17) is 11.6 Å². The number of aromatic hydroxyl groups is 1. The zero-order valence-corrected chi connectivity index (χ0v) is 12.8. The number of benzene rings is 1. The largest absolute Gasteiger partial charge is 0.508 e. The van der Waals surface area contributed by atoms with Crippen molar-refractivity contribution in [3.63, 3.8) is 0 Å². The van der Waals surface area contributed by atoms with Crippen LogP contribution in [0.3, 0.4) is 0 Å². The molecule has 0 saturated carbocycles. The van der Waals surface area contributed by atoms with Gasteiger partial charge in [-0.2, -0.15) is 0 Å². The number of rotatable bonds is 4. The first-order chi connectivity index (χ1) is 9.55. The Morgan fingerprint density at radius 3 is 2.85 bits per heavy atom. The molecule has 1 aromatic carbocycles. The maximum Gasteiger partial charge on any atom is 0.255 e. The van der Waals surface area contributed by atoms with E-state index < -0.39 is 0 Å². The summed E-state index contributed by atoms with van der Waals surface area (Å²) in [6.07, 6.45) is 2.83. The Hall–Kier alpha value is -1.46. The molecule has 4 nitrogen and oxygen atoms in total. The molecule has 106 valence electrons. The smallest absolute Gasteiger partial charge is 0.255 e. The van der Waals surface area contributed by atoms with Gasteiger partial charge in [0.05, 0.1) is 5.69 Å². The standard InChI is InChI=1S/C14H15ClN2O2S/c1-3-11-10(13(19)17-14(16-11)20-2)7-8-6-9(15)4-5-12(8)18/h4-6,18H,3,7H2,1-2H3,(H,16,17,19). The summed E-state index contributed by atoms with van der Waals surface area (Å²) in [5.74, 6) is 0.129. The van der Waals surface area contributed by atoms with E-state index >= 15 is 0 Å². The summed E-state index contributed by atoms with van der Waals surface area (Å²) in [5, 5.41) is 11.0. The molecule has 1 heterocycles. The maximum absolute atomic E-state index is 12.2. The van der Waals surface area contributed by atoms with Gasteiger partial charge in [0.1, 0.15) is 5.75 Å². The van der Waals surface area contributed by atoms with Crippen molar-refractivity contribution in [1.29, 1.82) is 0 Å². The molecule has 0 aliphatic heterocycles. The van der Waals surface area contributed by atoms with Crippen LogP contribution in [0.1, 0.15) is 23.7 Å². The molecular weight excluding hydrogens is 296 g/mol. The van der Waals surface area contributed by atoms with E-state index in [0.717, 1.165) is 5.69 Å². The first kappa shape index (κ1) is 14.9. The molecule has 0 unspecified atom stereocenters. The van der Waals surface area contributed by atoms with Gasteiger partial charge in [-0.15, -0.1) is 0 Å². The number of nitrogens with zero attached hydrogens (tertiary/aromatic N) is 1. The number of nitrogens with one attached hydrogen (secondary N) is 1. The van der Waals surface area contributed by atoms with Crippen LogP contribution in [-0.2, 0) is 12.8 Å². The van der Waals surface area contributed by atoms with E-state index in [1.54, 1.807) is 12.1 Å². The van der Waals surface area contributed by atoms with Crippen LogP contribution in [-0.4, -0.2) is 21.3 Å². The van der Waals surface area contributed by atoms with Crippen molar-refractivity contribution in [2.24, 2.45) is 0 Å². The van der Waals surface area contributed by atoms with Crippen LogP contribution in [0, 0.1) is 0 Å². The minimum absolute atomic E-state index is 0.129. The fourth-order valence-corrected chi connectivity index (χ4v) is 2.57. The highest BCUT2D eigenvalue weighted by atomic mass is 35.5. The second-order valence-electron chi connectivity index (χ2n) is 4.30. The number of phenolic OH excluding ortho intramolecular Hbond substituents is 1. The minimum Gasteiger partial charge on any atom is -0.508 e. The van der Waals surface area contributed by atoms with Gasteiger partial charge in [0.15, 0.2) is 5.16 Å². The maximum atomic E-state index is 12.2. The molecule has 2 N–H and O–H groups in total. The average molecular weight is 311 g/mol. The Bertz CT molecular complexity index is 685. The summed E-state index contributed by atoms with van der Waals surface area (Å²) in [7, 11) is 0. The third-order valence-electron chi connectivity index (χ3n) is 3.02. The van der Waals surface area contributed by atoms with Crippen molar-refractivity contribution in [2.45, 2.75) is 24.9 Å². The van der Waals surface area contributed by atoms with Crippen LogP contribution in [0.5, 0.6) is 5.75 Å². The molecule has 0 amide bonds. The van der Waals surface area contributed by atoms with Gasteiger partial charge in [-0.25, -0.2) is 4.98 Å². The van der Waals surface area contributed by atoms with Gasteiger partial charge in [0.25, 0.3) is 5.56 Å². The Morgan fingerprint density at radius 2 is 2.20 bits per heavy atom. The summed E-state index contributed by atoms with van der Waals surface area (Å²) in [6, 6.07) is 4.81. The van der Waals surface area contributed by atoms with Gasteiger partial charge in [-0.05, 0) is 36.4 Å². The number of hydrogen-bond acceptors (Lipinski definition) is 4. The minimum atomic E-state index is -0.166. The zero-order valence-electron chi connectivity index (χ0n) is 11.2. The average Bonchev–Trinajstić information content (AvgIpc) is 2.44. The number of aromatic nitrogens is 2. The van der Waals surface area contributed by atoms with Gasteiger partial charge < -0.3 is 10.1 Å². The summed E-state index contributed by atoms with van der Waals surface area (Å²) >= 11 is 7.32. The van der Waals surface area contributed by atoms with Crippen molar-refractivity contribution >= 4 is 23.4 Å². The van der Waals surface area contributed by atoms with Crippen LogP contribution in [0.15, 0.2) is 28.2 Å². The number of hydrogen-bond donors (Lipinski definition) is 2. The number of aromatic amines is 1. The van der Waals surface area contributed by atoms with Gasteiger partial charge in [-0.1, -0.05) is 30.3 Å². The van der Waals surface area contributed by atoms with E-state index in [-0.39, 0.29) is 11.3 Å². The van der Waals surface area contributed by atoms with Crippen molar-refractivity contribution < 1.29 is 5.11 Å². The van der Waals surface area contributed by atoms with Crippen LogP contribution in [0.4, 0.5) is 0 Å². The highest BCUT2D eigenvalue weighted by Crippen LogP contribution is 2.24. The number of aryl methyl sites for hydroxylation is 1. The summed E-state index contributed by atoms with van der Waals surface area (Å²) < 4.78 is 0. The molecule has 0 fully saturated rings. The SMILES string of the molecule is CCc1nc(SC)[nH]c(=O)c1Cc1cc(Cl)ccc1O. The lowest BCUT2D eigenvalue weighted by atomic mass is 10.0. The second-order valence-corrected chi connectivity index (χ2v) is 5.54. The van der Waals surface area contributed by atoms with Gasteiger partial charge in [0, 0.05) is 17.0 Å². The first-order valence-corrected chi connectivity index (χ1v) is 7.78. The monoisotopic (exact) mass is 310 g/mol. The molecular formula is C14H15ClN2O2S. The number of thioether (sulfide) groups is 1. The Balaban J connectivity index is 2.48. The van der Waals surface area contributed by atoms with Crippen LogP contribution in [0.25, 0.3) is 0 Å². The molecule has 0 saturated heterocycles. The molecule has 0 aliphatic carbocycles. The van der Waals surface area contributed by atoms with Crippen molar-refractivity contribution in [2.75, 3.05) is 6.26 Å². The molecule has 0 radical (unpaired) electrons. The second kappa shape index (κ2) is 6.33. The van der Waals surface area contributed by atoms with E-state index in [1.807, 2.05) is 13.2 Å². The lowest BCUT2D eigenvalue weighted by Gasteiger charge is -2.09. The summed E-state index contributed by atoms with van der Waals surface area (Å²) in [5.41, 5.74) is 1.78. The molecule has 2 aromatic rings. The number of phenols is 1. The van der Waals surface area contributed by atoms with Gasteiger partial charge >= 0.3 is 0 Å². The first-order valence-electron chi connectivity index (χ1n) is 6.18. The molecule has 0 spiro atoms. The van der Waals surface area contributed by atoms with E-state index in [2.05, 4.69) is 9.97 Å². The van der Waals surface area contributed by atoms with Gasteiger partial charge in [-0.3, -0.25) is 4.79 Å².